The second-order valence-corrected chi connectivity index (χ2v) is 4.94. The lowest BCUT2D eigenvalue weighted by Crippen LogP contribution is -1.99. The summed E-state index contributed by atoms with van der Waals surface area (Å²) in [7, 11) is 0. The predicted molar refractivity (Wildman–Crippen MR) is 79.4 cm³/mol. The number of ketones is 1. The molecule has 0 bridgehead atoms. The molecule has 0 aliphatic heterocycles. The number of nitrogens with zero attached hydrogens (tertiary/aromatic N) is 1. The molecule has 6 heteroatoms. The van der Waals surface area contributed by atoms with Gasteiger partial charge in [0.15, 0.2) is 5.78 Å². The fraction of sp³-hybridized carbons (Fsp3) is 0.133. The summed E-state index contributed by atoms with van der Waals surface area (Å²) < 4.78 is 5.62. The first-order valence-electron chi connectivity index (χ1n) is 6.12. The van der Waals surface area contributed by atoms with E-state index in [9.17, 15) is 14.9 Å². The van der Waals surface area contributed by atoms with Gasteiger partial charge in [0.05, 0.1) is 15.5 Å². The smallest absolute Gasteiger partial charge is 0.270 e. The summed E-state index contributed by atoms with van der Waals surface area (Å²) in [6.07, 6.45) is 0. The van der Waals surface area contributed by atoms with Crippen LogP contribution >= 0.6 is 11.6 Å². The average molecular weight is 306 g/mol. The van der Waals surface area contributed by atoms with Crippen LogP contribution in [0.5, 0.6) is 11.5 Å². The summed E-state index contributed by atoms with van der Waals surface area (Å²) in [6, 6.07) is 9.10. The van der Waals surface area contributed by atoms with Crippen molar-refractivity contribution in [2.45, 2.75) is 13.8 Å². The second-order valence-electron chi connectivity index (χ2n) is 4.53. The Morgan fingerprint density at radius 1 is 1.19 bits per heavy atom. The number of hydrogen-bond donors (Lipinski definition) is 0. The van der Waals surface area contributed by atoms with Crippen LogP contribution in [-0.4, -0.2) is 10.7 Å². The SMILES string of the molecule is CC(=O)c1cc([N+](=O)[O-])ccc1Oc1ccc(C)cc1Cl. The molecule has 0 saturated carbocycles. The minimum absolute atomic E-state index is 0.140. The van der Waals surface area contributed by atoms with E-state index in [1.807, 2.05) is 13.0 Å². The molecule has 2 aromatic rings. The number of halogens is 1. The third-order valence-corrected chi connectivity index (χ3v) is 3.16. The minimum atomic E-state index is -0.560. The topological polar surface area (TPSA) is 69.4 Å². The van der Waals surface area contributed by atoms with Gasteiger partial charge in [0.2, 0.25) is 0 Å². The van der Waals surface area contributed by atoms with Crippen molar-refractivity contribution in [1.29, 1.82) is 0 Å². The number of carbonyl (C=O) groups excluding carboxylic acids is 1. The van der Waals surface area contributed by atoms with Crippen molar-refractivity contribution in [3.63, 3.8) is 0 Å². The molecule has 0 fully saturated rings. The number of nitro groups is 1. The summed E-state index contributed by atoms with van der Waals surface area (Å²) in [6.45, 7) is 3.21. The first-order valence-corrected chi connectivity index (χ1v) is 6.49. The van der Waals surface area contributed by atoms with Crippen molar-refractivity contribution in [2.75, 3.05) is 0 Å². The highest BCUT2D eigenvalue weighted by atomic mass is 35.5. The summed E-state index contributed by atoms with van der Waals surface area (Å²) >= 11 is 6.07. The molecule has 21 heavy (non-hydrogen) atoms. The van der Waals surface area contributed by atoms with Gasteiger partial charge in [-0.05, 0) is 37.6 Å². The molecular formula is C15H12ClNO4. The molecule has 0 unspecified atom stereocenters. The third-order valence-electron chi connectivity index (χ3n) is 2.86. The van der Waals surface area contributed by atoms with Crippen LogP contribution in [0.4, 0.5) is 5.69 Å². The van der Waals surface area contributed by atoms with Gasteiger partial charge in [0, 0.05) is 12.1 Å². The van der Waals surface area contributed by atoms with Gasteiger partial charge in [0.25, 0.3) is 5.69 Å². The second kappa shape index (κ2) is 5.93. The van der Waals surface area contributed by atoms with Crippen LogP contribution in [0.1, 0.15) is 22.8 Å². The molecule has 0 aromatic heterocycles. The monoisotopic (exact) mass is 305 g/mol. The number of benzene rings is 2. The number of aryl methyl sites for hydroxylation is 1. The lowest BCUT2D eigenvalue weighted by Gasteiger charge is -2.11. The Morgan fingerprint density at radius 2 is 1.86 bits per heavy atom. The van der Waals surface area contributed by atoms with Crippen LogP contribution in [-0.2, 0) is 0 Å². The highest BCUT2D eigenvalue weighted by molar-refractivity contribution is 6.32. The van der Waals surface area contributed by atoms with Crippen LogP contribution < -0.4 is 4.74 Å². The zero-order valence-electron chi connectivity index (χ0n) is 11.4. The van der Waals surface area contributed by atoms with Gasteiger partial charge in [-0.15, -0.1) is 0 Å². The van der Waals surface area contributed by atoms with E-state index in [2.05, 4.69) is 0 Å². The van der Waals surface area contributed by atoms with Crippen LogP contribution in [0.25, 0.3) is 0 Å². The maximum absolute atomic E-state index is 11.6. The molecule has 0 aliphatic rings. The normalized spacial score (nSPS) is 10.2. The number of ether oxygens (including phenoxy) is 1. The lowest BCUT2D eigenvalue weighted by molar-refractivity contribution is -0.384. The Kier molecular flexibility index (Phi) is 4.23. The van der Waals surface area contributed by atoms with Crippen molar-refractivity contribution < 1.29 is 14.5 Å². The number of Topliss-reactive ketones (excluding diaryl/α,β-unsaturated/α-hetero) is 1. The van der Waals surface area contributed by atoms with E-state index in [0.717, 1.165) is 5.56 Å². The van der Waals surface area contributed by atoms with Crippen molar-refractivity contribution >= 4 is 23.1 Å². The fourth-order valence-corrected chi connectivity index (χ4v) is 2.08. The third kappa shape index (κ3) is 3.38. The van der Waals surface area contributed by atoms with Crippen LogP contribution in [0, 0.1) is 17.0 Å². The Morgan fingerprint density at radius 3 is 2.43 bits per heavy atom. The molecule has 0 heterocycles. The van der Waals surface area contributed by atoms with Gasteiger partial charge in [-0.2, -0.15) is 0 Å². The van der Waals surface area contributed by atoms with E-state index in [1.54, 1.807) is 12.1 Å². The summed E-state index contributed by atoms with van der Waals surface area (Å²) in [5.74, 6) is 0.300. The molecule has 0 radical (unpaired) electrons. The number of hydrogen-bond acceptors (Lipinski definition) is 4. The molecule has 0 saturated heterocycles. The summed E-state index contributed by atoms with van der Waals surface area (Å²) in [5, 5.41) is 11.2. The Balaban J connectivity index is 2.44. The van der Waals surface area contributed by atoms with Crippen LogP contribution in [0.2, 0.25) is 5.02 Å². The van der Waals surface area contributed by atoms with Crippen molar-refractivity contribution in [1.82, 2.24) is 0 Å². The highest BCUT2D eigenvalue weighted by Gasteiger charge is 2.16. The van der Waals surface area contributed by atoms with Crippen molar-refractivity contribution in [3.8, 4) is 11.5 Å². The lowest BCUT2D eigenvalue weighted by atomic mass is 10.1. The molecule has 2 rings (SSSR count). The number of nitro benzene ring substituents is 1. The van der Waals surface area contributed by atoms with Crippen molar-refractivity contribution in [2.24, 2.45) is 0 Å². The van der Waals surface area contributed by atoms with E-state index in [4.69, 9.17) is 16.3 Å². The zero-order valence-corrected chi connectivity index (χ0v) is 12.2. The molecule has 0 aliphatic carbocycles. The van der Waals surface area contributed by atoms with Gasteiger partial charge < -0.3 is 4.74 Å². The number of carbonyl (C=O) groups is 1. The van der Waals surface area contributed by atoms with Gasteiger partial charge in [0.1, 0.15) is 11.5 Å². The van der Waals surface area contributed by atoms with Gasteiger partial charge in [-0.25, -0.2) is 0 Å². The molecule has 0 spiro atoms. The molecule has 2 aromatic carbocycles. The number of non-ortho nitro benzene ring substituents is 1. The van der Waals surface area contributed by atoms with Gasteiger partial charge in [-0.1, -0.05) is 17.7 Å². The standard InChI is InChI=1S/C15H12ClNO4/c1-9-3-5-15(13(16)7-9)21-14-6-4-11(17(19)20)8-12(14)10(2)18/h3-8H,1-2H3. The molecular weight excluding hydrogens is 294 g/mol. The maximum Gasteiger partial charge on any atom is 0.270 e. The van der Waals surface area contributed by atoms with E-state index < -0.39 is 4.92 Å². The highest BCUT2D eigenvalue weighted by Crippen LogP contribution is 2.33. The first-order chi connectivity index (χ1) is 9.88. The van der Waals surface area contributed by atoms with E-state index in [1.165, 1.54) is 25.1 Å². The molecule has 108 valence electrons. The first kappa shape index (κ1) is 15.0. The summed E-state index contributed by atoms with van der Waals surface area (Å²) in [5.41, 5.74) is 0.950. The summed E-state index contributed by atoms with van der Waals surface area (Å²) in [4.78, 5) is 21.8. The van der Waals surface area contributed by atoms with E-state index in [-0.39, 0.29) is 22.8 Å². The molecule has 0 amide bonds. The average Bonchev–Trinajstić information content (AvgIpc) is 2.41. The van der Waals surface area contributed by atoms with E-state index >= 15 is 0 Å². The molecule has 0 atom stereocenters. The number of rotatable bonds is 4. The largest absolute Gasteiger partial charge is 0.455 e. The zero-order chi connectivity index (χ0) is 15.6. The van der Waals surface area contributed by atoms with Crippen molar-refractivity contribution in [3.05, 3.63) is 62.7 Å². The quantitative estimate of drug-likeness (QED) is 0.472. The van der Waals surface area contributed by atoms with Gasteiger partial charge in [-0.3, -0.25) is 14.9 Å². The van der Waals surface area contributed by atoms with Crippen LogP contribution in [0.15, 0.2) is 36.4 Å². The maximum atomic E-state index is 11.6. The van der Waals surface area contributed by atoms with E-state index in [0.29, 0.717) is 10.8 Å². The Bertz CT molecular complexity index is 728. The Labute approximate surface area is 126 Å². The van der Waals surface area contributed by atoms with Crippen LogP contribution in [0.3, 0.4) is 0 Å². The molecule has 0 N–H and O–H groups in total. The fourth-order valence-electron chi connectivity index (χ4n) is 1.80. The van der Waals surface area contributed by atoms with Gasteiger partial charge >= 0.3 is 0 Å². The predicted octanol–water partition coefficient (Wildman–Crippen LogP) is 4.55. The minimum Gasteiger partial charge on any atom is -0.455 e. The molecule has 5 nitrogen and oxygen atoms in total. The Hall–Kier alpha value is -2.40.